The number of anilines is 1. The Labute approximate surface area is 159 Å². The van der Waals surface area contributed by atoms with Crippen molar-refractivity contribution < 1.29 is 18.0 Å². The SMILES string of the molecule is Cc1cccc(NC(=O)CNC(=O)c2ccc(S(=O)(=O)NC(C)C)cc2)c1. The summed E-state index contributed by atoms with van der Waals surface area (Å²) in [4.78, 5) is 24.1. The maximum atomic E-state index is 12.1. The minimum atomic E-state index is -3.61. The van der Waals surface area contributed by atoms with Gasteiger partial charge in [-0.05, 0) is 62.7 Å². The van der Waals surface area contributed by atoms with E-state index in [1.54, 1.807) is 19.9 Å². The van der Waals surface area contributed by atoms with Gasteiger partial charge in [0, 0.05) is 17.3 Å². The molecule has 0 unspecified atom stereocenters. The van der Waals surface area contributed by atoms with Gasteiger partial charge in [-0.2, -0.15) is 0 Å². The molecule has 27 heavy (non-hydrogen) atoms. The van der Waals surface area contributed by atoms with Crippen LogP contribution < -0.4 is 15.4 Å². The zero-order chi connectivity index (χ0) is 20.0. The second kappa shape index (κ2) is 8.79. The van der Waals surface area contributed by atoms with Crippen molar-refractivity contribution in [3.05, 3.63) is 59.7 Å². The lowest BCUT2D eigenvalue weighted by molar-refractivity contribution is -0.115. The highest BCUT2D eigenvalue weighted by atomic mass is 32.2. The van der Waals surface area contributed by atoms with Crippen LogP contribution in [0, 0.1) is 6.92 Å². The fraction of sp³-hybridized carbons (Fsp3) is 0.263. The summed E-state index contributed by atoms with van der Waals surface area (Å²) >= 11 is 0. The van der Waals surface area contributed by atoms with Gasteiger partial charge in [0.1, 0.15) is 0 Å². The van der Waals surface area contributed by atoms with Crippen molar-refractivity contribution in [1.82, 2.24) is 10.0 Å². The molecule has 2 aromatic rings. The molecule has 0 saturated heterocycles. The molecule has 0 atom stereocenters. The van der Waals surface area contributed by atoms with E-state index >= 15 is 0 Å². The second-order valence-corrected chi connectivity index (χ2v) is 8.11. The molecule has 144 valence electrons. The summed E-state index contributed by atoms with van der Waals surface area (Å²) in [5.41, 5.74) is 1.93. The van der Waals surface area contributed by atoms with Crippen LogP contribution in [-0.4, -0.2) is 32.8 Å². The molecule has 2 rings (SSSR count). The summed E-state index contributed by atoms with van der Waals surface area (Å²) in [6, 6.07) is 12.6. The number of aryl methyl sites for hydroxylation is 1. The maximum absolute atomic E-state index is 12.1. The molecule has 2 amide bonds. The number of nitrogens with one attached hydrogen (secondary N) is 3. The van der Waals surface area contributed by atoms with E-state index in [4.69, 9.17) is 0 Å². The van der Waals surface area contributed by atoms with Crippen molar-refractivity contribution in [1.29, 1.82) is 0 Å². The van der Waals surface area contributed by atoms with Gasteiger partial charge in [-0.25, -0.2) is 13.1 Å². The van der Waals surface area contributed by atoms with E-state index in [1.807, 2.05) is 25.1 Å². The molecule has 7 nitrogen and oxygen atoms in total. The summed E-state index contributed by atoms with van der Waals surface area (Å²) in [6.45, 7) is 5.17. The fourth-order valence-corrected chi connectivity index (χ4v) is 3.61. The van der Waals surface area contributed by atoms with Crippen molar-refractivity contribution in [3.8, 4) is 0 Å². The molecule has 0 fully saturated rings. The Morgan fingerprint density at radius 3 is 2.30 bits per heavy atom. The third-order valence-electron chi connectivity index (χ3n) is 3.53. The van der Waals surface area contributed by atoms with Gasteiger partial charge in [0.15, 0.2) is 0 Å². The van der Waals surface area contributed by atoms with Crippen LogP contribution in [0.1, 0.15) is 29.8 Å². The Bertz CT molecular complexity index is 922. The Morgan fingerprint density at radius 1 is 1.04 bits per heavy atom. The van der Waals surface area contributed by atoms with Crippen molar-refractivity contribution in [2.45, 2.75) is 31.7 Å². The largest absolute Gasteiger partial charge is 0.343 e. The first-order valence-electron chi connectivity index (χ1n) is 8.44. The Morgan fingerprint density at radius 2 is 1.70 bits per heavy atom. The van der Waals surface area contributed by atoms with Gasteiger partial charge in [0.2, 0.25) is 15.9 Å². The fourth-order valence-electron chi connectivity index (χ4n) is 2.35. The number of hydrogen-bond acceptors (Lipinski definition) is 4. The van der Waals surface area contributed by atoms with Crippen molar-refractivity contribution in [2.75, 3.05) is 11.9 Å². The predicted molar refractivity (Wildman–Crippen MR) is 104 cm³/mol. The minimum Gasteiger partial charge on any atom is -0.343 e. The van der Waals surface area contributed by atoms with E-state index in [0.29, 0.717) is 5.69 Å². The van der Waals surface area contributed by atoms with Crippen molar-refractivity contribution in [2.24, 2.45) is 0 Å². The smallest absolute Gasteiger partial charge is 0.251 e. The normalized spacial score (nSPS) is 11.3. The summed E-state index contributed by atoms with van der Waals surface area (Å²) < 4.78 is 26.6. The predicted octanol–water partition coefficient (Wildman–Crippen LogP) is 2.05. The summed E-state index contributed by atoms with van der Waals surface area (Å²) in [5.74, 6) is -0.815. The van der Waals surface area contributed by atoms with Crippen LogP contribution in [0.3, 0.4) is 0 Å². The minimum absolute atomic E-state index is 0.0740. The summed E-state index contributed by atoms with van der Waals surface area (Å²) in [5, 5.41) is 5.20. The van der Waals surface area contributed by atoms with Gasteiger partial charge in [-0.3, -0.25) is 9.59 Å². The summed E-state index contributed by atoms with van der Waals surface area (Å²) in [6.07, 6.45) is 0. The Balaban J connectivity index is 1.93. The zero-order valence-corrected chi connectivity index (χ0v) is 16.3. The molecule has 0 saturated carbocycles. The van der Waals surface area contributed by atoms with E-state index in [2.05, 4.69) is 15.4 Å². The molecule has 0 heterocycles. The average molecular weight is 389 g/mol. The number of carbonyl (C=O) groups is 2. The molecule has 0 aliphatic heterocycles. The molecule has 0 aliphatic rings. The number of amides is 2. The Hall–Kier alpha value is -2.71. The molecule has 0 spiro atoms. The number of hydrogen-bond donors (Lipinski definition) is 3. The highest BCUT2D eigenvalue weighted by molar-refractivity contribution is 7.89. The topological polar surface area (TPSA) is 104 Å². The van der Waals surface area contributed by atoms with Gasteiger partial charge in [0.05, 0.1) is 11.4 Å². The van der Waals surface area contributed by atoms with Gasteiger partial charge in [0.25, 0.3) is 5.91 Å². The highest BCUT2D eigenvalue weighted by Gasteiger charge is 2.16. The van der Waals surface area contributed by atoms with E-state index in [1.165, 1.54) is 24.3 Å². The third kappa shape index (κ3) is 6.19. The zero-order valence-electron chi connectivity index (χ0n) is 15.4. The molecule has 3 N–H and O–H groups in total. The number of sulfonamides is 1. The molecule has 0 radical (unpaired) electrons. The van der Waals surface area contributed by atoms with Gasteiger partial charge in [-0.15, -0.1) is 0 Å². The van der Waals surface area contributed by atoms with Crippen LogP contribution >= 0.6 is 0 Å². The van der Waals surface area contributed by atoms with Crippen LogP contribution in [0.2, 0.25) is 0 Å². The summed E-state index contributed by atoms with van der Waals surface area (Å²) in [7, 11) is -3.61. The van der Waals surface area contributed by atoms with Crippen molar-refractivity contribution in [3.63, 3.8) is 0 Å². The van der Waals surface area contributed by atoms with E-state index < -0.39 is 15.9 Å². The van der Waals surface area contributed by atoms with Crippen molar-refractivity contribution >= 4 is 27.5 Å². The first-order valence-corrected chi connectivity index (χ1v) is 9.93. The van der Waals surface area contributed by atoms with E-state index in [-0.39, 0.29) is 29.0 Å². The van der Waals surface area contributed by atoms with Crippen LogP contribution in [0.5, 0.6) is 0 Å². The lowest BCUT2D eigenvalue weighted by atomic mass is 10.2. The number of rotatable bonds is 7. The quantitative estimate of drug-likeness (QED) is 0.674. The first-order chi connectivity index (χ1) is 12.7. The van der Waals surface area contributed by atoms with Crippen LogP contribution in [0.25, 0.3) is 0 Å². The lowest BCUT2D eigenvalue weighted by Crippen LogP contribution is -2.33. The second-order valence-electron chi connectivity index (χ2n) is 6.40. The number of carbonyl (C=O) groups excluding carboxylic acids is 2. The molecule has 2 aromatic carbocycles. The third-order valence-corrected chi connectivity index (χ3v) is 5.20. The molecule has 0 aliphatic carbocycles. The van der Waals surface area contributed by atoms with Gasteiger partial charge >= 0.3 is 0 Å². The Kier molecular flexibility index (Phi) is 6.70. The molecular formula is C19H23N3O4S. The average Bonchev–Trinajstić information content (AvgIpc) is 2.59. The molecule has 0 bridgehead atoms. The van der Waals surface area contributed by atoms with E-state index in [0.717, 1.165) is 5.56 Å². The van der Waals surface area contributed by atoms with Gasteiger partial charge < -0.3 is 10.6 Å². The number of benzene rings is 2. The molecule has 8 heteroatoms. The monoisotopic (exact) mass is 389 g/mol. The van der Waals surface area contributed by atoms with Crippen LogP contribution in [-0.2, 0) is 14.8 Å². The molecule has 0 aromatic heterocycles. The van der Waals surface area contributed by atoms with E-state index in [9.17, 15) is 18.0 Å². The first kappa shape index (κ1) is 20.6. The standard InChI is InChI=1S/C19H23N3O4S/c1-13(2)22-27(25,26)17-9-7-15(8-10-17)19(24)20-12-18(23)21-16-6-4-5-14(3)11-16/h4-11,13,22H,12H2,1-3H3,(H,20,24)(H,21,23). The lowest BCUT2D eigenvalue weighted by Gasteiger charge is -2.10. The highest BCUT2D eigenvalue weighted by Crippen LogP contribution is 2.11. The molecular weight excluding hydrogens is 366 g/mol. The van der Waals surface area contributed by atoms with Crippen LogP contribution in [0.4, 0.5) is 5.69 Å². The van der Waals surface area contributed by atoms with Crippen LogP contribution in [0.15, 0.2) is 53.4 Å². The maximum Gasteiger partial charge on any atom is 0.251 e. The van der Waals surface area contributed by atoms with Gasteiger partial charge in [-0.1, -0.05) is 12.1 Å².